The van der Waals surface area contributed by atoms with Gasteiger partial charge >= 0.3 is 0 Å². The van der Waals surface area contributed by atoms with Gasteiger partial charge in [-0.25, -0.2) is 0 Å². The molecule has 70 valence electrons. The Balaban J connectivity index is 1.96. The first kappa shape index (κ1) is 9.79. The van der Waals surface area contributed by atoms with Crippen molar-refractivity contribution < 1.29 is 5.11 Å². The van der Waals surface area contributed by atoms with Gasteiger partial charge in [0.05, 0.1) is 6.10 Å². The zero-order valence-electron chi connectivity index (χ0n) is 8.05. The summed E-state index contributed by atoms with van der Waals surface area (Å²) in [6, 6.07) is 0. The lowest BCUT2D eigenvalue weighted by molar-refractivity contribution is 0.146. The van der Waals surface area contributed by atoms with Gasteiger partial charge in [-0.05, 0) is 25.2 Å². The smallest absolute Gasteiger partial charge is 0.0546 e. The molecule has 0 heterocycles. The second-order valence-corrected chi connectivity index (χ2v) is 3.94. The lowest BCUT2D eigenvalue weighted by atomic mass is 10.1. The van der Waals surface area contributed by atoms with E-state index in [1.54, 1.807) is 0 Å². The third-order valence-corrected chi connectivity index (χ3v) is 2.62. The highest BCUT2D eigenvalue weighted by atomic mass is 16.3. The van der Waals surface area contributed by atoms with Crippen LogP contribution in [-0.2, 0) is 0 Å². The van der Waals surface area contributed by atoms with E-state index in [1.165, 1.54) is 24.8 Å². The molecule has 2 unspecified atom stereocenters. The molecule has 0 amide bonds. The maximum Gasteiger partial charge on any atom is 0.0546 e. The molecule has 1 fully saturated rings. The summed E-state index contributed by atoms with van der Waals surface area (Å²) in [6.07, 6.45) is 6.70. The monoisotopic (exact) mass is 168 g/mol. The minimum atomic E-state index is -0.0687. The van der Waals surface area contributed by atoms with Gasteiger partial charge < -0.3 is 5.11 Å². The minimum Gasteiger partial charge on any atom is -0.393 e. The van der Waals surface area contributed by atoms with Gasteiger partial charge in [0.1, 0.15) is 0 Å². The van der Waals surface area contributed by atoms with Crippen LogP contribution in [0.5, 0.6) is 0 Å². The fourth-order valence-electron chi connectivity index (χ4n) is 1.58. The van der Waals surface area contributed by atoms with Gasteiger partial charge in [0.2, 0.25) is 0 Å². The third-order valence-electron chi connectivity index (χ3n) is 2.62. The predicted molar refractivity (Wildman–Crippen MR) is 52.0 cm³/mol. The van der Waals surface area contributed by atoms with E-state index in [9.17, 15) is 5.11 Å². The van der Waals surface area contributed by atoms with Gasteiger partial charge in [0.25, 0.3) is 0 Å². The Labute approximate surface area is 75.5 Å². The van der Waals surface area contributed by atoms with Crippen LogP contribution in [0, 0.1) is 5.92 Å². The van der Waals surface area contributed by atoms with Crippen molar-refractivity contribution >= 4 is 0 Å². The standard InChI is InChI=1S/C11H20O/c1-3-4-5-6-11(12)8-10-7-9(10)2/h10-12H,2-8H2,1H3. The summed E-state index contributed by atoms with van der Waals surface area (Å²) in [7, 11) is 0. The van der Waals surface area contributed by atoms with E-state index < -0.39 is 0 Å². The topological polar surface area (TPSA) is 20.2 Å². The summed E-state index contributed by atoms with van der Waals surface area (Å²) < 4.78 is 0. The van der Waals surface area contributed by atoms with Crippen LogP contribution >= 0.6 is 0 Å². The van der Waals surface area contributed by atoms with Crippen LogP contribution in [0.4, 0.5) is 0 Å². The first-order valence-corrected chi connectivity index (χ1v) is 5.09. The summed E-state index contributed by atoms with van der Waals surface area (Å²) in [5.41, 5.74) is 1.34. The molecule has 1 aliphatic rings. The maximum atomic E-state index is 9.56. The second-order valence-electron chi connectivity index (χ2n) is 3.94. The second kappa shape index (κ2) is 4.66. The number of aliphatic hydroxyl groups excluding tert-OH is 1. The number of hydrogen-bond donors (Lipinski definition) is 1. The fraction of sp³-hybridized carbons (Fsp3) is 0.818. The van der Waals surface area contributed by atoms with E-state index in [0.29, 0.717) is 5.92 Å². The van der Waals surface area contributed by atoms with Gasteiger partial charge in [0, 0.05) is 0 Å². The molecule has 0 aromatic rings. The first-order valence-electron chi connectivity index (χ1n) is 5.09. The van der Waals surface area contributed by atoms with Crippen LogP contribution in [0.1, 0.15) is 45.4 Å². The molecule has 0 bridgehead atoms. The van der Waals surface area contributed by atoms with E-state index >= 15 is 0 Å². The average Bonchev–Trinajstić information content (AvgIpc) is 2.67. The molecule has 12 heavy (non-hydrogen) atoms. The van der Waals surface area contributed by atoms with E-state index in [2.05, 4.69) is 13.5 Å². The van der Waals surface area contributed by atoms with Crippen molar-refractivity contribution in [3.8, 4) is 0 Å². The van der Waals surface area contributed by atoms with E-state index in [0.717, 1.165) is 19.3 Å². The van der Waals surface area contributed by atoms with Gasteiger partial charge in [-0.15, -0.1) is 0 Å². The summed E-state index contributed by atoms with van der Waals surface area (Å²) in [5, 5.41) is 9.56. The van der Waals surface area contributed by atoms with Gasteiger partial charge in [-0.3, -0.25) is 0 Å². The van der Waals surface area contributed by atoms with E-state index in [1.807, 2.05) is 0 Å². The molecule has 1 aliphatic carbocycles. The Hall–Kier alpha value is -0.300. The molecular weight excluding hydrogens is 148 g/mol. The largest absolute Gasteiger partial charge is 0.393 e. The third kappa shape index (κ3) is 3.40. The van der Waals surface area contributed by atoms with Crippen LogP contribution in [0.15, 0.2) is 12.2 Å². The van der Waals surface area contributed by atoms with Crippen molar-refractivity contribution in [1.29, 1.82) is 0 Å². The van der Waals surface area contributed by atoms with Crippen molar-refractivity contribution in [1.82, 2.24) is 0 Å². The summed E-state index contributed by atoms with van der Waals surface area (Å²) in [5.74, 6) is 0.654. The van der Waals surface area contributed by atoms with Gasteiger partial charge in [-0.2, -0.15) is 0 Å². The maximum absolute atomic E-state index is 9.56. The van der Waals surface area contributed by atoms with Crippen LogP contribution in [0.2, 0.25) is 0 Å². The highest BCUT2D eigenvalue weighted by Gasteiger charge is 2.28. The van der Waals surface area contributed by atoms with Crippen molar-refractivity contribution in [2.75, 3.05) is 0 Å². The highest BCUT2D eigenvalue weighted by Crippen LogP contribution is 2.39. The molecule has 1 nitrogen and oxygen atoms in total. The van der Waals surface area contributed by atoms with Crippen molar-refractivity contribution in [3.05, 3.63) is 12.2 Å². The molecule has 2 atom stereocenters. The lowest BCUT2D eigenvalue weighted by Gasteiger charge is -2.08. The molecule has 0 aliphatic heterocycles. The minimum absolute atomic E-state index is 0.0687. The predicted octanol–water partition coefficient (Wildman–Crippen LogP) is 2.89. The van der Waals surface area contributed by atoms with E-state index in [-0.39, 0.29) is 6.10 Å². The average molecular weight is 168 g/mol. The Kier molecular flexibility index (Phi) is 3.80. The molecule has 1 saturated carbocycles. The summed E-state index contributed by atoms with van der Waals surface area (Å²) >= 11 is 0. The van der Waals surface area contributed by atoms with Crippen LogP contribution in [-0.4, -0.2) is 11.2 Å². The van der Waals surface area contributed by atoms with Gasteiger partial charge in [-0.1, -0.05) is 38.3 Å². The molecule has 0 spiro atoms. The number of hydrogen-bond acceptors (Lipinski definition) is 1. The van der Waals surface area contributed by atoms with Crippen LogP contribution in [0.3, 0.4) is 0 Å². The zero-order valence-corrected chi connectivity index (χ0v) is 8.05. The molecular formula is C11H20O. The normalized spacial score (nSPS) is 24.2. The van der Waals surface area contributed by atoms with Crippen molar-refractivity contribution in [2.24, 2.45) is 5.92 Å². The fourth-order valence-corrected chi connectivity index (χ4v) is 1.58. The summed E-state index contributed by atoms with van der Waals surface area (Å²) in [6.45, 7) is 6.08. The Morgan fingerprint density at radius 1 is 1.58 bits per heavy atom. The molecule has 0 aromatic heterocycles. The van der Waals surface area contributed by atoms with Crippen molar-refractivity contribution in [3.63, 3.8) is 0 Å². The zero-order chi connectivity index (χ0) is 8.97. The first-order chi connectivity index (χ1) is 5.74. The lowest BCUT2D eigenvalue weighted by Crippen LogP contribution is -2.06. The molecule has 1 N–H and O–H groups in total. The quantitative estimate of drug-likeness (QED) is 0.477. The van der Waals surface area contributed by atoms with Crippen LogP contribution < -0.4 is 0 Å². The molecule has 0 radical (unpaired) electrons. The molecule has 0 saturated heterocycles. The number of rotatable bonds is 6. The summed E-state index contributed by atoms with van der Waals surface area (Å²) in [4.78, 5) is 0. The SMILES string of the molecule is C=C1CC1CC(O)CCCCC. The van der Waals surface area contributed by atoms with E-state index in [4.69, 9.17) is 0 Å². The number of allylic oxidation sites excluding steroid dienone is 1. The Morgan fingerprint density at radius 2 is 2.25 bits per heavy atom. The van der Waals surface area contributed by atoms with Gasteiger partial charge in [0.15, 0.2) is 0 Å². The Morgan fingerprint density at radius 3 is 2.75 bits per heavy atom. The molecule has 1 heteroatoms. The van der Waals surface area contributed by atoms with Crippen LogP contribution in [0.25, 0.3) is 0 Å². The number of aliphatic hydroxyl groups is 1. The Bertz CT molecular complexity index is 151. The molecule has 0 aromatic carbocycles. The number of unbranched alkanes of at least 4 members (excludes halogenated alkanes) is 2. The highest BCUT2D eigenvalue weighted by molar-refractivity contribution is 5.18. The molecule has 1 rings (SSSR count). The van der Waals surface area contributed by atoms with Crippen molar-refractivity contribution in [2.45, 2.75) is 51.6 Å².